The Morgan fingerprint density at radius 3 is 1.56 bits per heavy atom. The summed E-state index contributed by atoms with van der Waals surface area (Å²) < 4.78 is 188. The Bertz CT molecular complexity index is 1690. The van der Waals surface area contributed by atoms with Crippen LogP contribution in [0.5, 0.6) is 11.5 Å². The van der Waals surface area contributed by atoms with Crippen LogP contribution >= 0.6 is 0 Å². The molecule has 0 heterocycles. The van der Waals surface area contributed by atoms with Crippen molar-refractivity contribution in [1.82, 2.24) is 0 Å². The molecule has 0 spiro atoms. The van der Waals surface area contributed by atoms with E-state index in [0.717, 1.165) is 44.2 Å². The summed E-state index contributed by atoms with van der Waals surface area (Å²) >= 11 is 0. The van der Waals surface area contributed by atoms with Crippen LogP contribution in [0.15, 0.2) is 72.8 Å². The van der Waals surface area contributed by atoms with Crippen LogP contribution < -0.4 is 9.47 Å². The molecule has 0 saturated heterocycles. The highest BCUT2D eigenvalue weighted by molar-refractivity contribution is 5.92. The monoisotopic (exact) mass is 792 g/mol. The fraction of sp³-hybridized carbons (Fsp3) is 0.444. The van der Waals surface area contributed by atoms with Gasteiger partial charge in [-0.3, -0.25) is 0 Å². The predicted octanol–water partition coefficient (Wildman–Crippen LogP) is 11.6. The van der Waals surface area contributed by atoms with Crippen molar-refractivity contribution in [3.8, 4) is 22.6 Å². The second-order valence-corrected chi connectivity index (χ2v) is 12.2. The van der Waals surface area contributed by atoms with E-state index in [1.807, 2.05) is 0 Å². The lowest BCUT2D eigenvalue weighted by Gasteiger charge is -2.39. The van der Waals surface area contributed by atoms with Crippen LogP contribution in [0.25, 0.3) is 11.1 Å². The molecule has 5 nitrogen and oxygen atoms in total. The number of unbranched alkanes of at least 4 members (excludes halogenated alkanes) is 3. The molecule has 0 N–H and O–H groups in total. The SMILES string of the molecule is CCCCCCC(C)OC(=O)c1ccc(OC(=O)c2ccc(-c3ccc(OCCC(F)(F)C(F)(F)C(F)(F)C(F)(F)C(F)(F)C(F)(F)F)cc3)cc2)cc1. The van der Waals surface area contributed by atoms with Crippen LogP contribution in [0, 0.1) is 0 Å². The van der Waals surface area contributed by atoms with Crippen molar-refractivity contribution in [2.75, 3.05) is 6.61 Å². The van der Waals surface area contributed by atoms with E-state index in [2.05, 4.69) is 6.92 Å². The quantitative estimate of drug-likeness (QED) is 0.0556. The van der Waals surface area contributed by atoms with Gasteiger partial charge in [0, 0.05) is 0 Å². The molecule has 0 saturated carbocycles. The summed E-state index contributed by atoms with van der Waals surface area (Å²) in [6.07, 6.45) is -5.33. The van der Waals surface area contributed by atoms with Gasteiger partial charge in [-0.15, -0.1) is 0 Å². The number of esters is 2. The Balaban J connectivity index is 1.56. The highest BCUT2D eigenvalue weighted by atomic mass is 19.4. The normalized spacial score (nSPS) is 13.7. The van der Waals surface area contributed by atoms with Gasteiger partial charge in [-0.25, -0.2) is 9.59 Å². The van der Waals surface area contributed by atoms with E-state index in [-0.39, 0.29) is 28.7 Å². The number of hydrogen-bond acceptors (Lipinski definition) is 5. The molecule has 1 unspecified atom stereocenters. The van der Waals surface area contributed by atoms with E-state index < -0.39 is 60.8 Å². The standard InChI is InChI=1S/C36H33F13O5/c1-3-4-5-6-7-22(2)53-29(50)26-14-18-28(19-15-26)54-30(51)25-10-8-23(9-11-25)24-12-16-27(17-13-24)52-21-20-31(37,38)32(39,40)33(41,42)34(43,44)35(45,46)36(47,48)49/h8-19,22H,3-7,20-21H2,1-2H3. The van der Waals surface area contributed by atoms with Gasteiger partial charge in [-0.1, -0.05) is 50.5 Å². The first-order valence-electron chi connectivity index (χ1n) is 16.2. The molecule has 0 aliphatic rings. The van der Waals surface area contributed by atoms with Crippen molar-refractivity contribution in [3.05, 3.63) is 83.9 Å². The van der Waals surface area contributed by atoms with E-state index in [0.29, 0.717) is 11.1 Å². The zero-order chi connectivity index (χ0) is 40.8. The lowest BCUT2D eigenvalue weighted by Crippen LogP contribution is -2.70. The average Bonchev–Trinajstić information content (AvgIpc) is 3.10. The minimum atomic E-state index is -7.96. The summed E-state index contributed by atoms with van der Waals surface area (Å²) in [7, 11) is 0. The number of rotatable bonds is 18. The summed E-state index contributed by atoms with van der Waals surface area (Å²) in [5.41, 5.74) is 1.28. The fourth-order valence-electron chi connectivity index (χ4n) is 4.79. The number of halogens is 13. The fourth-order valence-corrected chi connectivity index (χ4v) is 4.79. The molecule has 0 aliphatic carbocycles. The van der Waals surface area contributed by atoms with Crippen LogP contribution in [-0.4, -0.2) is 60.4 Å². The van der Waals surface area contributed by atoms with Gasteiger partial charge in [0.25, 0.3) is 0 Å². The first-order chi connectivity index (χ1) is 24.9. The number of carbonyl (C=O) groups is 2. The third-order valence-electron chi connectivity index (χ3n) is 8.06. The molecule has 0 radical (unpaired) electrons. The van der Waals surface area contributed by atoms with Gasteiger partial charge in [0.2, 0.25) is 0 Å². The molecular formula is C36H33F13O5. The van der Waals surface area contributed by atoms with Crippen molar-refractivity contribution < 1.29 is 80.9 Å². The Labute approximate surface area is 300 Å². The highest BCUT2D eigenvalue weighted by Gasteiger charge is 2.90. The van der Waals surface area contributed by atoms with E-state index in [1.54, 1.807) is 6.92 Å². The summed E-state index contributed by atoms with van der Waals surface area (Å²) in [5, 5.41) is 0. The summed E-state index contributed by atoms with van der Waals surface area (Å²) in [5.74, 6) is -38.7. The average molecular weight is 793 g/mol. The first-order valence-corrected chi connectivity index (χ1v) is 16.2. The molecule has 54 heavy (non-hydrogen) atoms. The minimum Gasteiger partial charge on any atom is -0.493 e. The minimum absolute atomic E-state index is 0.113. The Hall–Kier alpha value is -4.51. The molecule has 0 aliphatic heterocycles. The molecule has 3 rings (SSSR count). The van der Waals surface area contributed by atoms with Crippen LogP contribution in [0.4, 0.5) is 57.1 Å². The smallest absolute Gasteiger partial charge is 0.460 e. The molecule has 1 atom stereocenters. The zero-order valence-electron chi connectivity index (χ0n) is 28.4. The lowest BCUT2D eigenvalue weighted by molar-refractivity contribution is -0.440. The molecule has 298 valence electrons. The number of alkyl halides is 13. The first kappa shape index (κ1) is 43.9. The second kappa shape index (κ2) is 16.9. The maximum Gasteiger partial charge on any atom is 0.460 e. The van der Waals surface area contributed by atoms with Crippen molar-refractivity contribution in [2.24, 2.45) is 0 Å². The van der Waals surface area contributed by atoms with E-state index in [1.165, 1.54) is 60.7 Å². The van der Waals surface area contributed by atoms with E-state index in [4.69, 9.17) is 14.2 Å². The van der Waals surface area contributed by atoms with Crippen LogP contribution in [0.2, 0.25) is 0 Å². The van der Waals surface area contributed by atoms with E-state index in [9.17, 15) is 66.7 Å². The van der Waals surface area contributed by atoms with Gasteiger partial charge >= 0.3 is 47.7 Å². The van der Waals surface area contributed by atoms with Gasteiger partial charge < -0.3 is 14.2 Å². The third-order valence-corrected chi connectivity index (χ3v) is 8.06. The Kier molecular flexibility index (Phi) is 13.7. The van der Waals surface area contributed by atoms with Crippen LogP contribution in [0.1, 0.15) is 73.1 Å². The van der Waals surface area contributed by atoms with Crippen molar-refractivity contribution in [2.45, 2.75) is 94.3 Å². The van der Waals surface area contributed by atoms with Crippen molar-refractivity contribution >= 4 is 11.9 Å². The molecular weight excluding hydrogens is 759 g/mol. The third kappa shape index (κ3) is 9.58. The molecule has 0 amide bonds. The molecule has 0 aromatic heterocycles. The predicted molar refractivity (Wildman–Crippen MR) is 168 cm³/mol. The Morgan fingerprint density at radius 2 is 1.04 bits per heavy atom. The van der Waals surface area contributed by atoms with Crippen molar-refractivity contribution in [3.63, 3.8) is 0 Å². The van der Waals surface area contributed by atoms with Gasteiger partial charge in [0.15, 0.2) is 0 Å². The number of hydrogen-bond donors (Lipinski definition) is 0. The number of ether oxygens (including phenoxy) is 3. The van der Waals surface area contributed by atoms with Gasteiger partial charge in [0.1, 0.15) is 11.5 Å². The maximum atomic E-state index is 14.0. The molecule has 0 fully saturated rings. The Morgan fingerprint density at radius 1 is 0.574 bits per heavy atom. The van der Waals surface area contributed by atoms with Gasteiger partial charge in [-0.05, 0) is 79.4 Å². The topological polar surface area (TPSA) is 61.8 Å². The van der Waals surface area contributed by atoms with Gasteiger partial charge in [-0.2, -0.15) is 57.1 Å². The molecule has 3 aromatic carbocycles. The largest absolute Gasteiger partial charge is 0.493 e. The zero-order valence-corrected chi connectivity index (χ0v) is 28.4. The highest BCUT2D eigenvalue weighted by Crippen LogP contribution is 2.60. The van der Waals surface area contributed by atoms with Gasteiger partial charge in [0.05, 0.1) is 30.3 Å². The lowest BCUT2D eigenvalue weighted by atomic mass is 9.93. The maximum absolute atomic E-state index is 14.0. The number of carbonyl (C=O) groups excluding carboxylic acids is 2. The van der Waals surface area contributed by atoms with Crippen molar-refractivity contribution in [1.29, 1.82) is 0 Å². The van der Waals surface area contributed by atoms with Crippen LogP contribution in [-0.2, 0) is 4.74 Å². The second-order valence-electron chi connectivity index (χ2n) is 12.2. The van der Waals surface area contributed by atoms with E-state index >= 15 is 0 Å². The molecule has 0 bridgehead atoms. The number of benzene rings is 3. The molecule has 3 aromatic rings. The summed E-state index contributed by atoms with van der Waals surface area (Å²) in [4.78, 5) is 25.1. The van der Waals surface area contributed by atoms with Crippen LogP contribution in [0.3, 0.4) is 0 Å². The summed E-state index contributed by atoms with van der Waals surface area (Å²) in [6.45, 7) is 2.32. The molecule has 18 heteroatoms. The summed E-state index contributed by atoms with van der Waals surface area (Å²) in [6, 6.07) is 16.3.